The number of rotatable bonds is 5. The number of halogens is 3. The number of carbonyl (C=O) groups is 1. The Kier molecular flexibility index (Phi) is 5.48. The van der Waals surface area contributed by atoms with Crippen LogP contribution in [0.1, 0.15) is 47.1 Å². The number of anilines is 1. The van der Waals surface area contributed by atoms with Crippen LogP contribution in [0.4, 0.5) is 18.9 Å². The van der Waals surface area contributed by atoms with Crippen LogP contribution in [0, 0.1) is 0 Å². The van der Waals surface area contributed by atoms with E-state index in [1.807, 2.05) is 12.1 Å². The molecule has 0 bridgehead atoms. The smallest absolute Gasteiger partial charge is 0.413 e. The molecule has 2 aromatic carbocycles. The maximum absolute atomic E-state index is 13.9. The summed E-state index contributed by atoms with van der Waals surface area (Å²) in [5.74, 6) is -1.14. The Morgan fingerprint density at radius 1 is 1.19 bits per heavy atom. The van der Waals surface area contributed by atoms with E-state index in [1.54, 1.807) is 12.1 Å². The molecule has 1 aliphatic carbocycles. The van der Waals surface area contributed by atoms with E-state index in [1.165, 1.54) is 23.3 Å². The number of oxazole rings is 1. The van der Waals surface area contributed by atoms with E-state index >= 15 is 0 Å². The predicted octanol–water partition coefficient (Wildman–Crippen LogP) is 5.36. The summed E-state index contributed by atoms with van der Waals surface area (Å²) in [7, 11) is 1.10. The van der Waals surface area contributed by atoms with Crippen molar-refractivity contribution in [2.75, 3.05) is 12.4 Å². The van der Waals surface area contributed by atoms with Crippen LogP contribution < -0.4 is 5.32 Å². The summed E-state index contributed by atoms with van der Waals surface area (Å²) in [6, 6.07) is 12.3. The average Bonchev–Trinajstić information content (AvgIpc) is 3.35. The highest BCUT2D eigenvalue weighted by atomic mass is 19.4. The van der Waals surface area contributed by atoms with Gasteiger partial charge in [-0.3, -0.25) is 4.79 Å². The van der Waals surface area contributed by atoms with Gasteiger partial charge in [0.05, 0.1) is 6.20 Å². The molecule has 3 aromatic rings. The van der Waals surface area contributed by atoms with E-state index in [0.29, 0.717) is 4.90 Å². The van der Waals surface area contributed by atoms with E-state index < -0.39 is 18.1 Å². The molecule has 8 heteroatoms. The van der Waals surface area contributed by atoms with Gasteiger partial charge in [-0.15, -0.1) is 0 Å². The first-order valence-corrected chi connectivity index (χ1v) is 10.3. The number of alkyl halides is 3. The number of nitrogens with zero attached hydrogens (tertiary/aromatic N) is 2. The van der Waals surface area contributed by atoms with Gasteiger partial charge in [-0.25, -0.2) is 4.98 Å². The van der Waals surface area contributed by atoms with Crippen LogP contribution in [0.15, 0.2) is 65.5 Å². The Labute approximate surface area is 184 Å². The minimum Gasteiger partial charge on any atom is -0.438 e. The topological polar surface area (TPSA) is 58.4 Å². The van der Waals surface area contributed by atoms with Gasteiger partial charge in [-0.1, -0.05) is 50.2 Å². The molecule has 1 N–H and O–H groups in total. The van der Waals surface area contributed by atoms with Gasteiger partial charge in [0.25, 0.3) is 5.91 Å². The zero-order valence-corrected chi connectivity index (χ0v) is 18.0. The van der Waals surface area contributed by atoms with E-state index in [0.717, 1.165) is 31.7 Å². The maximum atomic E-state index is 13.9. The van der Waals surface area contributed by atoms with Crippen LogP contribution in [0.5, 0.6) is 0 Å². The third-order valence-corrected chi connectivity index (χ3v) is 6.23. The third kappa shape index (κ3) is 3.97. The van der Waals surface area contributed by atoms with Gasteiger partial charge in [-0.05, 0) is 35.2 Å². The summed E-state index contributed by atoms with van der Waals surface area (Å²) in [6.45, 7) is 4.32. The lowest BCUT2D eigenvalue weighted by molar-refractivity contribution is -0.176. The molecule has 1 unspecified atom stereocenters. The Morgan fingerprint density at radius 2 is 1.88 bits per heavy atom. The van der Waals surface area contributed by atoms with Crippen molar-refractivity contribution in [3.63, 3.8) is 0 Å². The molecule has 0 spiro atoms. The van der Waals surface area contributed by atoms with Crippen LogP contribution in [-0.2, 0) is 11.8 Å². The lowest BCUT2D eigenvalue weighted by Crippen LogP contribution is -2.39. The highest BCUT2D eigenvalue weighted by Gasteiger charge is 2.46. The Hall–Kier alpha value is -3.29. The van der Waals surface area contributed by atoms with Crippen molar-refractivity contribution in [1.29, 1.82) is 0 Å². The summed E-state index contributed by atoms with van der Waals surface area (Å²) >= 11 is 0. The summed E-state index contributed by atoms with van der Waals surface area (Å²) in [6.07, 6.45) is -1.72. The number of amides is 1. The van der Waals surface area contributed by atoms with Crippen LogP contribution in [0.3, 0.4) is 0 Å². The SMILES string of the molecule is CN(C(=O)c1cnco1)[C@@H](c1ccc(NC2Cc3ccccc3C2(C)C)cc1)C(F)(F)F. The molecule has 2 atom stereocenters. The quantitative estimate of drug-likeness (QED) is 0.576. The minimum absolute atomic E-state index is 0.0348. The van der Waals surface area contributed by atoms with Gasteiger partial charge >= 0.3 is 6.18 Å². The third-order valence-electron chi connectivity index (χ3n) is 6.23. The molecule has 32 heavy (non-hydrogen) atoms. The van der Waals surface area contributed by atoms with E-state index in [-0.39, 0.29) is 22.8 Å². The Bertz CT molecular complexity index is 1090. The van der Waals surface area contributed by atoms with Crippen molar-refractivity contribution in [3.05, 3.63) is 83.6 Å². The maximum Gasteiger partial charge on any atom is 0.413 e. The van der Waals surface area contributed by atoms with Gasteiger partial charge in [0.15, 0.2) is 12.4 Å². The molecule has 5 nitrogen and oxygen atoms in total. The molecule has 0 saturated heterocycles. The number of hydrogen-bond acceptors (Lipinski definition) is 4. The number of hydrogen-bond donors (Lipinski definition) is 1. The van der Waals surface area contributed by atoms with Crippen LogP contribution in [0.2, 0.25) is 0 Å². The first-order valence-electron chi connectivity index (χ1n) is 10.3. The fourth-order valence-corrected chi connectivity index (χ4v) is 4.43. The van der Waals surface area contributed by atoms with Gasteiger partial charge in [0.2, 0.25) is 5.76 Å². The van der Waals surface area contributed by atoms with Crippen LogP contribution in [0.25, 0.3) is 0 Å². The normalized spacial score (nSPS) is 18.1. The second-order valence-corrected chi connectivity index (χ2v) is 8.63. The van der Waals surface area contributed by atoms with Crippen LogP contribution in [-0.4, -0.2) is 35.1 Å². The molecule has 0 fully saturated rings. The van der Waals surface area contributed by atoms with E-state index in [9.17, 15) is 18.0 Å². The molecule has 1 aliphatic rings. The van der Waals surface area contributed by atoms with Crippen molar-refractivity contribution >= 4 is 11.6 Å². The first kappa shape index (κ1) is 21.9. The van der Waals surface area contributed by atoms with Gasteiger partial charge in [-0.2, -0.15) is 13.2 Å². The van der Waals surface area contributed by atoms with Gasteiger partial charge < -0.3 is 14.6 Å². The summed E-state index contributed by atoms with van der Waals surface area (Å²) in [4.78, 5) is 16.7. The standard InChI is InChI=1S/C24H24F3N3O2/c1-23(2)18-7-5-4-6-16(18)12-20(23)29-17-10-8-15(9-11-17)21(24(25,26)27)30(3)22(31)19-13-28-14-32-19/h4-11,13-14,20-21,29H,12H2,1-3H3/t20?,21-/m0/s1. The minimum atomic E-state index is -4.66. The van der Waals surface area contributed by atoms with Gasteiger partial charge in [0, 0.05) is 24.2 Å². The molecule has 0 radical (unpaired) electrons. The fraction of sp³-hybridized carbons (Fsp3) is 0.333. The molecule has 168 valence electrons. The summed E-state index contributed by atoms with van der Waals surface area (Å²) in [5, 5.41) is 3.47. The molecular weight excluding hydrogens is 419 g/mol. The average molecular weight is 443 g/mol. The first-order chi connectivity index (χ1) is 15.1. The molecule has 0 saturated carbocycles. The van der Waals surface area contributed by atoms with Crippen molar-refractivity contribution in [1.82, 2.24) is 9.88 Å². The number of benzene rings is 2. The number of fused-ring (bicyclic) bond motifs is 1. The molecule has 0 aliphatic heterocycles. The van der Waals surface area contributed by atoms with Crippen molar-refractivity contribution in [2.45, 2.75) is 43.9 Å². The lowest BCUT2D eigenvalue weighted by Gasteiger charge is -2.31. The Morgan fingerprint density at radius 3 is 2.47 bits per heavy atom. The number of aromatic nitrogens is 1. The number of nitrogens with one attached hydrogen (secondary N) is 1. The molecule has 4 rings (SSSR count). The molecule has 1 heterocycles. The predicted molar refractivity (Wildman–Crippen MR) is 114 cm³/mol. The fourth-order valence-electron chi connectivity index (χ4n) is 4.43. The molecule has 1 amide bonds. The molecule has 1 aromatic heterocycles. The second kappa shape index (κ2) is 8.00. The molecular formula is C24H24F3N3O2. The summed E-state index contributed by atoms with van der Waals surface area (Å²) < 4.78 is 46.5. The second-order valence-electron chi connectivity index (χ2n) is 8.63. The Balaban J connectivity index is 1.55. The zero-order valence-electron chi connectivity index (χ0n) is 18.0. The van der Waals surface area contributed by atoms with Crippen molar-refractivity contribution in [3.8, 4) is 0 Å². The van der Waals surface area contributed by atoms with E-state index in [2.05, 4.69) is 36.3 Å². The van der Waals surface area contributed by atoms with Crippen molar-refractivity contribution < 1.29 is 22.4 Å². The van der Waals surface area contributed by atoms with E-state index in [4.69, 9.17) is 4.42 Å². The highest BCUT2D eigenvalue weighted by molar-refractivity contribution is 5.91. The lowest BCUT2D eigenvalue weighted by atomic mass is 9.83. The highest BCUT2D eigenvalue weighted by Crippen LogP contribution is 2.41. The monoisotopic (exact) mass is 443 g/mol. The van der Waals surface area contributed by atoms with Crippen LogP contribution >= 0.6 is 0 Å². The van der Waals surface area contributed by atoms with Crippen molar-refractivity contribution in [2.24, 2.45) is 0 Å². The summed E-state index contributed by atoms with van der Waals surface area (Å²) in [5.41, 5.74) is 3.13. The number of carbonyl (C=O) groups excluding carboxylic acids is 1. The van der Waals surface area contributed by atoms with Gasteiger partial charge in [0.1, 0.15) is 0 Å². The zero-order chi connectivity index (χ0) is 23.1. The largest absolute Gasteiger partial charge is 0.438 e.